The monoisotopic (exact) mass is 362 g/mol. The number of carbonyl (C=O) groups is 1. The molecule has 6 heteroatoms. The fourth-order valence-electron chi connectivity index (χ4n) is 3.91. The zero-order chi connectivity index (χ0) is 18.3. The van der Waals surface area contributed by atoms with Crippen LogP contribution in [0.1, 0.15) is 60.5 Å². The molecule has 138 valence electrons. The highest BCUT2D eigenvalue weighted by Gasteiger charge is 2.46. The Balaban J connectivity index is 1.65. The van der Waals surface area contributed by atoms with Crippen LogP contribution in [0.4, 0.5) is 13.2 Å². The molecule has 1 aromatic heterocycles. The van der Waals surface area contributed by atoms with Gasteiger partial charge in [-0.15, -0.1) is 0 Å². The number of aromatic nitrogens is 1. The smallest absolute Gasteiger partial charge is 0.349 e. The van der Waals surface area contributed by atoms with Gasteiger partial charge < -0.3 is 5.32 Å². The predicted molar refractivity (Wildman–Crippen MR) is 93.0 cm³/mol. The fraction of sp³-hybridized carbons (Fsp3) is 0.500. The minimum absolute atomic E-state index is 0.0822. The molecule has 26 heavy (non-hydrogen) atoms. The lowest BCUT2D eigenvalue weighted by Gasteiger charge is -2.33. The Kier molecular flexibility index (Phi) is 4.37. The molecular formula is C20H21F3N2O. The number of carbonyl (C=O) groups excluding carboxylic acids is 1. The molecule has 2 aromatic rings. The number of benzene rings is 1. The van der Waals surface area contributed by atoms with Crippen molar-refractivity contribution in [1.82, 2.24) is 10.3 Å². The highest BCUT2D eigenvalue weighted by atomic mass is 19.4. The SMILES string of the molecule is O=C(NC1CCCCC1C(F)(F)F)c1cc(C2CC2)nc2ccccc12. The maximum Gasteiger partial charge on any atom is 0.393 e. The van der Waals surface area contributed by atoms with Crippen molar-refractivity contribution in [2.45, 2.75) is 56.7 Å². The molecule has 0 saturated heterocycles. The summed E-state index contributed by atoms with van der Waals surface area (Å²) in [6, 6.07) is 8.23. The average molecular weight is 362 g/mol. The van der Waals surface area contributed by atoms with Crippen LogP contribution in [0.5, 0.6) is 0 Å². The van der Waals surface area contributed by atoms with E-state index in [-0.39, 0.29) is 6.42 Å². The summed E-state index contributed by atoms with van der Waals surface area (Å²) in [5.74, 6) is -1.52. The molecule has 2 aliphatic rings. The molecule has 0 spiro atoms. The second-order valence-corrected chi connectivity index (χ2v) is 7.40. The molecule has 2 atom stereocenters. The molecule has 2 unspecified atom stereocenters. The van der Waals surface area contributed by atoms with Crippen molar-refractivity contribution >= 4 is 16.8 Å². The first-order valence-corrected chi connectivity index (χ1v) is 9.21. The Morgan fingerprint density at radius 3 is 2.54 bits per heavy atom. The minimum Gasteiger partial charge on any atom is -0.349 e. The van der Waals surface area contributed by atoms with E-state index < -0.39 is 24.0 Å². The van der Waals surface area contributed by atoms with Crippen molar-refractivity contribution in [3.8, 4) is 0 Å². The average Bonchev–Trinajstić information content (AvgIpc) is 3.45. The first-order chi connectivity index (χ1) is 12.4. The van der Waals surface area contributed by atoms with Gasteiger partial charge in [0.2, 0.25) is 0 Å². The van der Waals surface area contributed by atoms with Crippen molar-refractivity contribution in [2.75, 3.05) is 0 Å². The van der Waals surface area contributed by atoms with E-state index in [1.807, 2.05) is 18.2 Å². The second-order valence-electron chi connectivity index (χ2n) is 7.40. The van der Waals surface area contributed by atoms with Crippen LogP contribution in [0.3, 0.4) is 0 Å². The molecule has 2 aliphatic carbocycles. The number of alkyl halides is 3. The number of para-hydroxylation sites is 1. The van der Waals surface area contributed by atoms with Crippen LogP contribution in [0.25, 0.3) is 10.9 Å². The fourth-order valence-corrected chi connectivity index (χ4v) is 3.91. The number of hydrogen-bond acceptors (Lipinski definition) is 2. The molecule has 1 amide bonds. The minimum atomic E-state index is -4.28. The van der Waals surface area contributed by atoms with Crippen molar-refractivity contribution in [1.29, 1.82) is 0 Å². The van der Waals surface area contributed by atoms with Gasteiger partial charge in [0.1, 0.15) is 0 Å². The van der Waals surface area contributed by atoms with Crippen LogP contribution in [0.15, 0.2) is 30.3 Å². The number of halogens is 3. The van der Waals surface area contributed by atoms with Gasteiger partial charge in [-0.05, 0) is 37.8 Å². The quantitative estimate of drug-likeness (QED) is 0.838. The van der Waals surface area contributed by atoms with E-state index in [9.17, 15) is 18.0 Å². The molecule has 2 saturated carbocycles. The number of nitrogens with one attached hydrogen (secondary N) is 1. The summed E-state index contributed by atoms with van der Waals surface area (Å²) in [5.41, 5.74) is 2.02. The number of fused-ring (bicyclic) bond motifs is 1. The third-order valence-corrected chi connectivity index (χ3v) is 5.48. The van der Waals surface area contributed by atoms with E-state index in [1.165, 1.54) is 0 Å². The summed E-state index contributed by atoms with van der Waals surface area (Å²) in [7, 11) is 0. The van der Waals surface area contributed by atoms with Gasteiger partial charge in [-0.3, -0.25) is 9.78 Å². The van der Waals surface area contributed by atoms with Crippen LogP contribution in [-0.2, 0) is 0 Å². The van der Waals surface area contributed by atoms with E-state index >= 15 is 0 Å². The molecule has 4 rings (SSSR count). The predicted octanol–water partition coefficient (Wildman–Crippen LogP) is 4.96. The number of rotatable bonds is 3. The number of hydrogen-bond donors (Lipinski definition) is 1. The van der Waals surface area contributed by atoms with Gasteiger partial charge in [0.15, 0.2) is 0 Å². The molecule has 0 aliphatic heterocycles. The maximum absolute atomic E-state index is 13.3. The van der Waals surface area contributed by atoms with Crippen LogP contribution < -0.4 is 5.32 Å². The van der Waals surface area contributed by atoms with Gasteiger partial charge >= 0.3 is 6.18 Å². The first kappa shape index (κ1) is 17.3. The highest BCUT2D eigenvalue weighted by Crippen LogP contribution is 2.41. The van der Waals surface area contributed by atoms with Gasteiger partial charge in [0.25, 0.3) is 5.91 Å². The summed E-state index contributed by atoms with van der Waals surface area (Å²) < 4.78 is 39.9. The van der Waals surface area contributed by atoms with Crippen molar-refractivity contribution in [3.63, 3.8) is 0 Å². The normalized spacial score (nSPS) is 23.8. The molecule has 2 fully saturated rings. The van der Waals surface area contributed by atoms with Gasteiger partial charge in [-0.2, -0.15) is 13.2 Å². The molecule has 3 nitrogen and oxygen atoms in total. The van der Waals surface area contributed by atoms with Gasteiger partial charge in [-0.25, -0.2) is 0 Å². The summed E-state index contributed by atoms with van der Waals surface area (Å²) in [4.78, 5) is 17.5. The summed E-state index contributed by atoms with van der Waals surface area (Å²) in [6.45, 7) is 0. The van der Waals surface area contributed by atoms with E-state index in [0.717, 1.165) is 24.1 Å². The van der Waals surface area contributed by atoms with Crippen molar-refractivity contribution in [3.05, 3.63) is 41.6 Å². The third kappa shape index (κ3) is 3.41. The topological polar surface area (TPSA) is 42.0 Å². The largest absolute Gasteiger partial charge is 0.393 e. The zero-order valence-electron chi connectivity index (χ0n) is 14.4. The molecule has 0 bridgehead atoms. The number of amides is 1. The summed E-state index contributed by atoms with van der Waals surface area (Å²) in [5, 5.41) is 3.37. The van der Waals surface area contributed by atoms with Gasteiger partial charge in [0, 0.05) is 23.0 Å². The van der Waals surface area contributed by atoms with E-state index in [4.69, 9.17) is 0 Å². The van der Waals surface area contributed by atoms with E-state index in [1.54, 1.807) is 12.1 Å². The number of pyridine rings is 1. The maximum atomic E-state index is 13.3. The molecule has 0 radical (unpaired) electrons. The van der Waals surface area contributed by atoms with Gasteiger partial charge in [0.05, 0.1) is 17.0 Å². The van der Waals surface area contributed by atoms with Crippen molar-refractivity contribution in [2.24, 2.45) is 5.92 Å². The van der Waals surface area contributed by atoms with Crippen LogP contribution in [0, 0.1) is 5.92 Å². The van der Waals surface area contributed by atoms with Gasteiger partial charge in [-0.1, -0.05) is 31.0 Å². The Morgan fingerprint density at radius 1 is 1.08 bits per heavy atom. The lowest BCUT2D eigenvalue weighted by Crippen LogP contribution is -2.47. The van der Waals surface area contributed by atoms with E-state index in [0.29, 0.717) is 36.1 Å². The Bertz CT molecular complexity index is 829. The third-order valence-electron chi connectivity index (χ3n) is 5.48. The summed E-state index contributed by atoms with van der Waals surface area (Å²) in [6.07, 6.45) is -0.468. The standard InChI is InChI=1S/C20H21F3N2O/c21-20(22,23)15-6-2-4-8-17(15)25-19(26)14-11-18(12-9-10-12)24-16-7-3-1-5-13(14)16/h1,3,5,7,11-12,15,17H,2,4,6,8-10H2,(H,25,26). The molecular weight excluding hydrogens is 341 g/mol. The van der Waals surface area contributed by atoms with Crippen LogP contribution >= 0.6 is 0 Å². The first-order valence-electron chi connectivity index (χ1n) is 9.21. The van der Waals surface area contributed by atoms with E-state index in [2.05, 4.69) is 10.3 Å². The molecule has 1 aromatic carbocycles. The van der Waals surface area contributed by atoms with Crippen LogP contribution in [0.2, 0.25) is 0 Å². The zero-order valence-corrected chi connectivity index (χ0v) is 14.4. The lowest BCUT2D eigenvalue weighted by molar-refractivity contribution is -0.187. The Morgan fingerprint density at radius 2 is 1.81 bits per heavy atom. The highest BCUT2D eigenvalue weighted by molar-refractivity contribution is 6.06. The molecule has 1 heterocycles. The van der Waals surface area contributed by atoms with Crippen LogP contribution in [-0.4, -0.2) is 23.1 Å². The second kappa shape index (κ2) is 6.56. The van der Waals surface area contributed by atoms with Crippen molar-refractivity contribution < 1.29 is 18.0 Å². The molecule has 1 N–H and O–H groups in total. The lowest BCUT2D eigenvalue weighted by atomic mass is 9.84. The summed E-state index contributed by atoms with van der Waals surface area (Å²) >= 11 is 0. The number of nitrogens with zero attached hydrogens (tertiary/aromatic N) is 1. The Hall–Kier alpha value is -2.11. The Labute approximate surface area is 150 Å².